The number of likely N-dealkylation sites (N-methyl/N-ethyl adjacent to an activating group) is 1. The standard InChI is InChI=1S/C23H27N3O7.2C18H36O2.Mg/c1-25(2)12-5-6-13(27)15-10(12)7-9-8-11-17(26(3)4)19(29)16(22(24)32)21(31)23(11,33)20(30)14(9)18(15)28;2*1-2-3-4-5-6-7-8-9-10-11-12-13-14-15-16-17-18(19)20;/h5-6,9,11,17,27-28,31,33H,7-8H2,1-4H3,(H2,24,32);2*2-17H2,1H3,(H,19,20);/q;;;+2/p-2/t9-,11-,17-,23-;;;/m0.../s1. The van der Waals surface area contributed by atoms with Crippen LogP contribution in [0, 0.1) is 11.8 Å². The largest absolute Gasteiger partial charge is 2.00 e. The molecule has 6 N–H and O–H groups in total. The fourth-order valence-electron chi connectivity index (χ4n) is 10.9. The van der Waals surface area contributed by atoms with Gasteiger partial charge in [-0.15, -0.1) is 0 Å². The van der Waals surface area contributed by atoms with E-state index in [-0.39, 0.29) is 65.6 Å². The molecule has 4 rings (SSSR count). The van der Waals surface area contributed by atoms with Crippen LogP contribution in [0.5, 0.6) is 5.75 Å². The third kappa shape index (κ3) is 22.5. The number of unbranched alkanes of at least 4 members (excludes halogenated alkanes) is 28. The first kappa shape index (κ1) is 68.4. The van der Waals surface area contributed by atoms with Crippen molar-refractivity contribution in [1.82, 2.24) is 4.90 Å². The zero-order chi connectivity index (χ0) is 54.3. The molecule has 0 heterocycles. The topological polar surface area (TPSA) is 245 Å². The summed E-state index contributed by atoms with van der Waals surface area (Å²) in [7, 11) is 6.75. The van der Waals surface area contributed by atoms with E-state index in [1.54, 1.807) is 20.2 Å². The Morgan fingerprint density at radius 3 is 1.31 bits per heavy atom. The van der Waals surface area contributed by atoms with Gasteiger partial charge in [0.2, 0.25) is 5.78 Å². The molecule has 4 atom stereocenters. The number of rotatable bonds is 35. The van der Waals surface area contributed by atoms with Gasteiger partial charge in [-0.25, -0.2) is 0 Å². The number of aliphatic hydroxyl groups is 3. The number of carboxylic acid groups (broad SMARTS) is 2. The molecular weight excluding hydrogens is 951 g/mol. The van der Waals surface area contributed by atoms with E-state index in [1.807, 2.05) is 19.0 Å². The third-order valence-electron chi connectivity index (χ3n) is 15.0. The summed E-state index contributed by atoms with van der Waals surface area (Å²) in [6.07, 6.45) is 40.0. The summed E-state index contributed by atoms with van der Waals surface area (Å²) in [6, 6.07) is 2.01. The third-order valence-corrected chi connectivity index (χ3v) is 15.0. The van der Waals surface area contributed by atoms with E-state index >= 15 is 0 Å². The number of phenolic OH excluding ortho intramolecular Hbond substituents is 1. The van der Waals surface area contributed by atoms with E-state index < -0.39 is 70.0 Å². The van der Waals surface area contributed by atoms with Crippen LogP contribution in [0.4, 0.5) is 5.69 Å². The molecule has 416 valence electrons. The minimum absolute atomic E-state index is 0. The Morgan fingerprint density at radius 1 is 0.622 bits per heavy atom. The molecule has 0 aromatic heterocycles. The van der Waals surface area contributed by atoms with Crippen LogP contribution in [0.1, 0.15) is 237 Å². The molecule has 1 saturated carbocycles. The molecule has 3 aliphatic carbocycles. The second kappa shape index (κ2) is 38.0. The second-order valence-corrected chi connectivity index (χ2v) is 21.5. The number of aliphatic carboxylic acids is 2. The van der Waals surface area contributed by atoms with Crippen LogP contribution in [-0.4, -0.2) is 118 Å². The predicted octanol–water partition coefficient (Wildman–Crippen LogP) is 9.64. The van der Waals surface area contributed by atoms with Gasteiger partial charge in [-0.2, -0.15) is 0 Å². The number of primary amides is 1. The van der Waals surface area contributed by atoms with Crippen LogP contribution >= 0.6 is 0 Å². The van der Waals surface area contributed by atoms with Crippen LogP contribution in [0.3, 0.4) is 0 Å². The Bertz CT molecular complexity index is 1870. The SMILES string of the molecule is CCCCCCCCCCCCCCCCCC(=O)[O-].CCCCCCCCCCCCCCCCCC(=O)[O-].CN(C)c1ccc(O)c2c1C[C@H]1C[C@H]3[C@H](N(C)C)C(=O)C(C(N)=O)=C(O)[C@@]3(O)C(=O)C1=C2O.[Mg+2]. The molecule has 74 heavy (non-hydrogen) atoms. The molecule has 14 nitrogen and oxygen atoms in total. The number of phenols is 1. The number of amides is 1. The van der Waals surface area contributed by atoms with Crippen molar-refractivity contribution < 1.29 is 54.6 Å². The monoisotopic (exact) mass is 1050 g/mol. The number of anilines is 1. The molecular formula is C59H97MgN3O11. The van der Waals surface area contributed by atoms with Crippen LogP contribution in [0.15, 0.2) is 29.0 Å². The van der Waals surface area contributed by atoms with E-state index in [1.165, 1.54) is 178 Å². The molecule has 3 aliphatic rings. The molecule has 1 aromatic rings. The van der Waals surface area contributed by atoms with Crippen molar-refractivity contribution in [3.05, 3.63) is 40.2 Å². The van der Waals surface area contributed by atoms with Crippen LogP contribution in [0.25, 0.3) is 5.76 Å². The summed E-state index contributed by atoms with van der Waals surface area (Å²) >= 11 is 0. The van der Waals surface area contributed by atoms with Crippen molar-refractivity contribution in [2.45, 2.75) is 244 Å². The van der Waals surface area contributed by atoms with E-state index in [9.17, 15) is 54.6 Å². The Kier molecular flexibility index (Phi) is 35.1. The summed E-state index contributed by atoms with van der Waals surface area (Å²) in [4.78, 5) is 62.4. The maximum Gasteiger partial charge on any atom is 2.00 e. The smallest absolute Gasteiger partial charge is 0.550 e. The van der Waals surface area contributed by atoms with E-state index in [4.69, 9.17) is 5.73 Å². The molecule has 0 aliphatic heterocycles. The van der Waals surface area contributed by atoms with Crippen molar-refractivity contribution in [3.63, 3.8) is 0 Å². The van der Waals surface area contributed by atoms with E-state index in [2.05, 4.69) is 13.8 Å². The van der Waals surface area contributed by atoms with Crippen molar-refractivity contribution in [2.75, 3.05) is 33.1 Å². The Hall–Kier alpha value is -3.66. The van der Waals surface area contributed by atoms with E-state index in [0.717, 1.165) is 31.4 Å². The molecule has 0 radical (unpaired) electrons. The number of aromatic hydroxyl groups is 1. The number of Topliss-reactive ketones (excluding diaryl/α,β-unsaturated/α-hetero) is 2. The normalized spacial score (nSPS) is 18.8. The molecule has 15 heteroatoms. The number of carbonyl (C=O) groups excluding carboxylic acids is 5. The molecule has 0 bridgehead atoms. The van der Waals surface area contributed by atoms with Crippen molar-refractivity contribution in [2.24, 2.45) is 17.6 Å². The van der Waals surface area contributed by atoms with Crippen LogP contribution < -0.4 is 20.8 Å². The number of hydrogen-bond donors (Lipinski definition) is 5. The van der Waals surface area contributed by atoms with Gasteiger partial charge in [0.05, 0.1) is 11.6 Å². The van der Waals surface area contributed by atoms with Crippen LogP contribution in [-0.2, 0) is 30.4 Å². The summed E-state index contributed by atoms with van der Waals surface area (Å²) < 4.78 is 0. The molecule has 1 aromatic carbocycles. The number of carbonyl (C=O) groups is 5. The fourth-order valence-corrected chi connectivity index (χ4v) is 10.9. The first-order valence-corrected chi connectivity index (χ1v) is 28.4. The Morgan fingerprint density at radius 2 is 0.986 bits per heavy atom. The number of aliphatic hydroxyl groups excluding tert-OH is 2. The van der Waals surface area contributed by atoms with Gasteiger partial charge in [-0.1, -0.05) is 194 Å². The number of benzene rings is 1. The molecule has 0 unspecified atom stereocenters. The van der Waals surface area contributed by atoms with Gasteiger partial charge in [0.1, 0.15) is 22.8 Å². The summed E-state index contributed by atoms with van der Waals surface area (Å²) in [5.74, 6) is -8.35. The van der Waals surface area contributed by atoms with Gasteiger partial charge in [-0.3, -0.25) is 19.3 Å². The van der Waals surface area contributed by atoms with Crippen molar-refractivity contribution >= 4 is 63.9 Å². The quantitative estimate of drug-likeness (QED) is 0.0242. The molecule has 0 saturated heterocycles. The number of carboxylic acids is 2. The second-order valence-electron chi connectivity index (χ2n) is 21.5. The van der Waals surface area contributed by atoms with E-state index in [0.29, 0.717) is 5.56 Å². The Labute approximate surface area is 461 Å². The number of hydrogen-bond acceptors (Lipinski definition) is 13. The Balaban J connectivity index is 0.000000585. The maximum absolute atomic E-state index is 13.7. The first-order valence-electron chi connectivity index (χ1n) is 28.4. The number of nitrogens with two attached hydrogens (primary N) is 1. The fraction of sp³-hybridized carbons (Fsp3) is 0.746. The number of fused-ring (bicyclic) bond motifs is 3. The summed E-state index contributed by atoms with van der Waals surface area (Å²) in [5, 5.41) is 64.3. The van der Waals surface area contributed by atoms with Gasteiger partial charge < -0.3 is 50.9 Å². The molecule has 0 spiro atoms. The van der Waals surface area contributed by atoms with Crippen molar-refractivity contribution in [3.8, 4) is 5.75 Å². The van der Waals surface area contributed by atoms with Crippen LogP contribution in [0.2, 0.25) is 0 Å². The minimum Gasteiger partial charge on any atom is -0.550 e. The maximum atomic E-state index is 13.7. The average Bonchev–Trinajstić information content (AvgIpc) is 3.32. The van der Waals surface area contributed by atoms with Crippen molar-refractivity contribution in [1.29, 1.82) is 0 Å². The summed E-state index contributed by atoms with van der Waals surface area (Å²) in [5.41, 5.74) is 3.15. The van der Waals surface area contributed by atoms with Gasteiger partial charge >= 0.3 is 23.1 Å². The molecule has 1 fully saturated rings. The predicted molar refractivity (Wildman–Crippen MR) is 293 cm³/mol. The first-order chi connectivity index (χ1) is 34.9. The number of ketones is 2. The van der Waals surface area contributed by atoms with Gasteiger partial charge in [-0.05, 0) is 76.2 Å². The summed E-state index contributed by atoms with van der Waals surface area (Å²) in [6.45, 7) is 4.53. The molecule has 1 amide bonds. The minimum atomic E-state index is -2.63. The van der Waals surface area contributed by atoms with Gasteiger partial charge in [0.15, 0.2) is 11.4 Å². The number of nitrogens with zero attached hydrogens (tertiary/aromatic N) is 2. The zero-order valence-electron chi connectivity index (χ0n) is 46.8. The zero-order valence-corrected chi connectivity index (χ0v) is 48.2. The van der Waals surface area contributed by atoms with Gasteiger partial charge in [0.25, 0.3) is 5.91 Å². The van der Waals surface area contributed by atoms with Gasteiger partial charge in [0, 0.05) is 43.2 Å². The average molecular weight is 1050 g/mol.